The van der Waals surface area contributed by atoms with Crippen LogP contribution in [0.5, 0.6) is 5.75 Å². The molecule has 4 heterocycles. The number of aryl methyl sites for hydroxylation is 1. The summed E-state index contributed by atoms with van der Waals surface area (Å²) in [7, 11) is 1.47. The first-order valence-corrected chi connectivity index (χ1v) is 15.0. The molecule has 4 aromatic rings. The number of aromatic nitrogens is 2. The Hall–Kier alpha value is -5.04. The van der Waals surface area contributed by atoms with Gasteiger partial charge in [0.2, 0.25) is 0 Å². The number of terminal acetylenes is 1. The van der Waals surface area contributed by atoms with Gasteiger partial charge in [0.15, 0.2) is 12.6 Å². The van der Waals surface area contributed by atoms with Crippen LogP contribution in [0.4, 0.5) is 19.4 Å². The first kappa shape index (κ1) is 31.9. The molecule has 6 rings (SSSR count). The molecule has 0 aliphatic carbocycles. The summed E-state index contributed by atoms with van der Waals surface area (Å²) in [6.45, 7) is 8.15. The predicted octanol–water partition coefficient (Wildman–Crippen LogP) is 5.70. The van der Waals surface area contributed by atoms with Gasteiger partial charge in [0.25, 0.3) is 0 Å². The monoisotopic (exact) mass is 641 g/mol. The van der Waals surface area contributed by atoms with Gasteiger partial charge < -0.3 is 23.8 Å². The number of methoxy groups -OCH3 is 1. The lowest BCUT2D eigenvalue weighted by Crippen LogP contribution is -2.66. The minimum Gasteiger partial charge on any atom is -0.468 e. The number of carbonyl (C=O) groups excluding carboxylic acids is 1. The maximum Gasteiger partial charge on any atom is 0.411 e. The number of morpholine rings is 1. The van der Waals surface area contributed by atoms with E-state index in [0.29, 0.717) is 46.4 Å². The number of hydrogen-bond donors (Lipinski definition) is 0. The summed E-state index contributed by atoms with van der Waals surface area (Å²) >= 11 is 0. The van der Waals surface area contributed by atoms with Crippen LogP contribution in [0.3, 0.4) is 0 Å². The minimum atomic E-state index is -0.728. The molecule has 2 atom stereocenters. The predicted molar refractivity (Wildman–Crippen MR) is 171 cm³/mol. The summed E-state index contributed by atoms with van der Waals surface area (Å²) in [5, 5.41) is 11.4. The highest BCUT2D eigenvalue weighted by atomic mass is 19.1. The molecule has 0 saturated carbocycles. The molecule has 2 bridgehead atoms. The molecule has 0 spiro atoms. The number of ether oxygens (including phenoxy) is 4. The smallest absolute Gasteiger partial charge is 0.411 e. The summed E-state index contributed by atoms with van der Waals surface area (Å²) in [5.74, 6) is 1.73. The van der Waals surface area contributed by atoms with E-state index in [2.05, 4.69) is 22.0 Å². The van der Waals surface area contributed by atoms with Gasteiger partial charge in [0.1, 0.15) is 40.4 Å². The molecule has 2 aromatic heterocycles. The van der Waals surface area contributed by atoms with Crippen molar-refractivity contribution in [3.63, 3.8) is 0 Å². The number of nitriles is 1. The molecule has 0 radical (unpaired) electrons. The van der Waals surface area contributed by atoms with Crippen LogP contribution in [-0.2, 0) is 14.2 Å². The number of amides is 1. The standard InChI is InChI=1S/C35H33F2N5O5/c1-7-24-27(36)9-8-20-10-23(46-18-44-6)11-25(30(20)24)32-31(37)29-19(2)28(12-38)40-33(26(29)13-39-32)41-14-21-16-45-17-22(15-41)42(21)34(43)47-35(3,4)5/h1,8-11,13,21-22H,14-18H2,2-6H3. The van der Waals surface area contributed by atoms with E-state index in [-0.39, 0.29) is 60.0 Å². The van der Waals surface area contributed by atoms with Crippen molar-refractivity contribution in [2.75, 3.05) is 45.1 Å². The van der Waals surface area contributed by atoms with Crippen molar-refractivity contribution in [3.05, 3.63) is 58.9 Å². The average Bonchev–Trinajstić information content (AvgIpc) is 3.02. The molecular weight excluding hydrogens is 608 g/mol. The largest absolute Gasteiger partial charge is 0.468 e. The molecule has 10 nitrogen and oxygen atoms in total. The van der Waals surface area contributed by atoms with E-state index in [1.807, 2.05) is 25.7 Å². The van der Waals surface area contributed by atoms with Crippen LogP contribution in [0.15, 0.2) is 30.5 Å². The maximum atomic E-state index is 17.0. The number of rotatable bonds is 5. The van der Waals surface area contributed by atoms with Crippen molar-refractivity contribution in [1.82, 2.24) is 14.9 Å². The van der Waals surface area contributed by atoms with E-state index in [1.54, 1.807) is 24.0 Å². The highest BCUT2D eigenvalue weighted by molar-refractivity contribution is 6.04. The number of halogens is 2. The number of pyridine rings is 2. The first-order valence-electron chi connectivity index (χ1n) is 15.0. The van der Waals surface area contributed by atoms with Crippen molar-refractivity contribution >= 4 is 33.5 Å². The number of piperazine rings is 1. The second-order valence-corrected chi connectivity index (χ2v) is 12.6. The SMILES string of the molecule is C#Cc1c(F)ccc2cc(OCOC)cc(-c3ncc4c(N5CC6COCC(C5)N6C(=O)OC(C)(C)C)nc(C#N)c(C)c4c3F)c12. The molecule has 12 heteroatoms. The highest BCUT2D eigenvalue weighted by Crippen LogP contribution is 2.41. The fourth-order valence-corrected chi connectivity index (χ4v) is 6.33. The molecule has 2 saturated heterocycles. The first-order chi connectivity index (χ1) is 22.4. The Morgan fingerprint density at radius 2 is 1.89 bits per heavy atom. The van der Waals surface area contributed by atoms with Gasteiger partial charge in [-0.15, -0.1) is 6.42 Å². The van der Waals surface area contributed by atoms with Gasteiger partial charge >= 0.3 is 6.09 Å². The number of anilines is 1. The minimum absolute atomic E-state index is 0.0388. The summed E-state index contributed by atoms with van der Waals surface area (Å²) < 4.78 is 54.1. The fourth-order valence-electron chi connectivity index (χ4n) is 6.33. The number of hydrogen-bond acceptors (Lipinski definition) is 9. The lowest BCUT2D eigenvalue weighted by atomic mass is 9.94. The Balaban J connectivity index is 1.50. The Morgan fingerprint density at radius 1 is 1.17 bits per heavy atom. The molecule has 2 aromatic carbocycles. The lowest BCUT2D eigenvalue weighted by Gasteiger charge is -2.49. The quantitative estimate of drug-likeness (QED) is 0.200. The van der Waals surface area contributed by atoms with Crippen LogP contribution in [0.25, 0.3) is 32.8 Å². The lowest BCUT2D eigenvalue weighted by molar-refractivity contribution is -0.0665. The Bertz CT molecular complexity index is 1980. The second kappa shape index (κ2) is 12.3. The Labute approximate surface area is 270 Å². The Morgan fingerprint density at radius 3 is 2.53 bits per heavy atom. The van der Waals surface area contributed by atoms with Crippen LogP contribution < -0.4 is 9.64 Å². The molecule has 2 aliphatic rings. The topological polar surface area (TPSA) is 110 Å². The summed E-state index contributed by atoms with van der Waals surface area (Å²) in [6, 6.07) is 7.35. The van der Waals surface area contributed by atoms with Crippen molar-refractivity contribution in [1.29, 1.82) is 5.26 Å². The number of benzene rings is 2. The van der Waals surface area contributed by atoms with E-state index in [4.69, 9.17) is 25.4 Å². The zero-order valence-corrected chi connectivity index (χ0v) is 26.7. The van der Waals surface area contributed by atoms with E-state index < -0.39 is 23.3 Å². The normalized spacial score (nSPS) is 17.8. The van der Waals surface area contributed by atoms with Crippen LogP contribution in [0.1, 0.15) is 37.6 Å². The van der Waals surface area contributed by atoms with Crippen molar-refractivity contribution in [2.24, 2.45) is 0 Å². The van der Waals surface area contributed by atoms with Gasteiger partial charge in [-0.3, -0.25) is 9.88 Å². The van der Waals surface area contributed by atoms with E-state index >= 15 is 4.39 Å². The Kier molecular flexibility index (Phi) is 8.35. The zero-order valence-electron chi connectivity index (χ0n) is 26.7. The van der Waals surface area contributed by atoms with Gasteiger partial charge in [-0.2, -0.15) is 5.26 Å². The van der Waals surface area contributed by atoms with E-state index in [1.165, 1.54) is 25.4 Å². The van der Waals surface area contributed by atoms with Gasteiger partial charge in [-0.1, -0.05) is 12.0 Å². The number of nitrogens with zero attached hydrogens (tertiary/aromatic N) is 5. The molecule has 2 aliphatic heterocycles. The van der Waals surface area contributed by atoms with Crippen molar-refractivity contribution in [2.45, 2.75) is 45.4 Å². The van der Waals surface area contributed by atoms with Gasteiger partial charge in [0.05, 0.1) is 30.9 Å². The summed E-state index contributed by atoms with van der Waals surface area (Å²) in [5.41, 5.74) is -0.238. The van der Waals surface area contributed by atoms with Crippen molar-refractivity contribution in [3.8, 4) is 35.4 Å². The molecule has 242 valence electrons. The number of fused-ring (bicyclic) bond motifs is 4. The van der Waals surface area contributed by atoms with Crippen LogP contribution in [0, 0.1) is 42.2 Å². The third-order valence-corrected chi connectivity index (χ3v) is 8.27. The van der Waals surface area contributed by atoms with E-state index in [0.717, 1.165) is 0 Å². The summed E-state index contributed by atoms with van der Waals surface area (Å²) in [4.78, 5) is 26.0. The molecule has 2 fully saturated rings. The number of carbonyl (C=O) groups is 1. The zero-order chi connectivity index (χ0) is 33.6. The van der Waals surface area contributed by atoms with Crippen molar-refractivity contribution < 1.29 is 32.5 Å². The van der Waals surface area contributed by atoms with E-state index in [9.17, 15) is 14.4 Å². The van der Waals surface area contributed by atoms with Gasteiger partial charge in [-0.25, -0.2) is 18.6 Å². The fraction of sp³-hybridized carbons (Fsp3) is 0.371. The van der Waals surface area contributed by atoms with Gasteiger partial charge in [0, 0.05) is 48.1 Å². The second-order valence-electron chi connectivity index (χ2n) is 12.6. The molecular formula is C35H33F2N5O5. The molecule has 0 N–H and O–H groups in total. The van der Waals surface area contributed by atoms with Gasteiger partial charge in [-0.05, 0) is 56.8 Å². The third kappa shape index (κ3) is 5.75. The molecule has 1 amide bonds. The summed E-state index contributed by atoms with van der Waals surface area (Å²) in [6.07, 6.45) is 6.79. The average molecular weight is 642 g/mol. The third-order valence-electron chi connectivity index (χ3n) is 8.27. The molecule has 47 heavy (non-hydrogen) atoms. The van der Waals surface area contributed by atoms with Crippen LogP contribution in [0.2, 0.25) is 0 Å². The highest BCUT2D eigenvalue weighted by Gasteiger charge is 2.43. The van der Waals surface area contributed by atoms with Crippen LogP contribution in [-0.4, -0.2) is 78.9 Å². The van der Waals surface area contributed by atoms with Crippen LogP contribution >= 0.6 is 0 Å². The maximum absolute atomic E-state index is 17.0. The molecule has 2 unspecified atom stereocenters.